The summed E-state index contributed by atoms with van der Waals surface area (Å²) in [5, 5.41) is 9.02. The molecule has 0 saturated carbocycles. The van der Waals surface area contributed by atoms with Crippen molar-refractivity contribution in [3.8, 4) is 45.3 Å². The summed E-state index contributed by atoms with van der Waals surface area (Å²) < 4.78 is 9.36. The molecule has 0 aliphatic carbocycles. The van der Waals surface area contributed by atoms with Crippen molar-refractivity contribution in [2.24, 2.45) is 0 Å². The van der Waals surface area contributed by atoms with Gasteiger partial charge < -0.3 is 4.42 Å². The van der Waals surface area contributed by atoms with Crippen LogP contribution in [0.4, 0.5) is 0 Å². The Labute approximate surface area is 302 Å². The van der Waals surface area contributed by atoms with Gasteiger partial charge in [0, 0.05) is 53.2 Å². The summed E-state index contributed by atoms with van der Waals surface area (Å²) in [5.41, 5.74) is 6.61. The molecule has 0 bridgehead atoms. The fourth-order valence-electron chi connectivity index (χ4n) is 7.72. The Balaban J connectivity index is 1.24. The van der Waals surface area contributed by atoms with Gasteiger partial charge in [0.05, 0.1) is 0 Å². The zero-order valence-electron chi connectivity index (χ0n) is 27.7. The van der Waals surface area contributed by atoms with Crippen LogP contribution in [-0.2, 0) is 0 Å². The minimum atomic E-state index is 0.603. The summed E-state index contributed by atoms with van der Waals surface area (Å²) in [6.07, 6.45) is 0. The van der Waals surface area contributed by atoms with Gasteiger partial charge in [-0.3, -0.25) is 0 Å². The van der Waals surface area contributed by atoms with E-state index >= 15 is 0 Å². The van der Waals surface area contributed by atoms with E-state index in [1.807, 2.05) is 18.2 Å². The van der Waals surface area contributed by atoms with Gasteiger partial charge >= 0.3 is 0 Å². The third-order valence-corrected chi connectivity index (χ3v) is 11.3. The summed E-state index contributed by atoms with van der Waals surface area (Å²) >= 11 is 1.79. The van der Waals surface area contributed by atoms with Crippen LogP contribution in [0.1, 0.15) is 0 Å². The van der Waals surface area contributed by atoms with Crippen LogP contribution >= 0.6 is 11.3 Å². The molecule has 0 amide bonds. The number of hydrogen-bond acceptors (Lipinski definition) is 5. The van der Waals surface area contributed by atoms with Crippen LogP contribution in [0.25, 0.3) is 109 Å². The molecule has 0 unspecified atom stereocenters. The average Bonchev–Trinajstić information content (AvgIpc) is 3.78. The van der Waals surface area contributed by atoms with Gasteiger partial charge in [-0.05, 0) is 63.5 Å². The van der Waals surface area contributed by atoms with Crippen molar-refractivity contribution >= 4 is 75.0 Å². The molecule has 5 heteroatoms. The molecule has 0 spiro atoms. The van der Waals surface area contributed by atoms with Crippen molar-refractivity contribution in [1.29, 1.82) is 0 Å². The summed E-state index contributed by atoms with van der Waals surface area (Å²) in [7, 11) is 0. The lowest BCUT2D eigenvalue weighted by Crippen LogP contribution is -2.01. The predicted molar refractivity (Wildman–Crippen MR) is 217 cm³/mol. The molecular weight excluding hydrogens is 655 g/mol. The molecule has 0 aliphatic rings. The molecule has 3 heterocycles. The second-order valence-corrected chi connectivity index (χ2v) is 14.2. The van der Waals surface area contributed by atoms with Crippen LogP contribution in [0.15, 0.2) is 168 Å². The first-order chi connectivity index (χ1) is 25.8. The Hall–Kier alpha value is -6.69. The highest BCUT2D eigenvalue weighted by molar-refractivity contribution is 7.25. The van der Waals surface area contributed by atoms with Crippen molar-refractivity contribution < 1.29 is 4.42 Å². The average molecular weight is 682 g/mol. The summed E-state index contributed by atoms with van der Waals surface area (Å²) in [5.74, 6) is 1.87. The maximum absolute atomic E-state index is 6.91. The minimum absolute atomic E-state index is 0.603. The second kappa shape index (κ2) is 11.4. The topological polar surface area (TPSA) is 51.8 Å². The lowest BCUT2D eigenvalue weighted by Gasteiger charge is -2.12. The van der Waals surface area contributed by atoms with Crippen LogP contribution < -0.4 is 0 Å². The maximum atomic E-state index is 6.91. The van der Waals surface area contributed by atoms with Gasteiger partial charge in [-0.15, -0.1) is 11.3 Å². The molecule has 3 aromatic heterocycles. The highest BCUT2D eigenvalue weighted by atomic mass is 32.1. The molecule has 8 aromatic carbocycles. The number of furan rings is 1. The molecule has 0 N–H and O–H groups in total. The minimum Gasteiger partial charge on any atom is -0.455 e. The fourth-order valence-corrected chi connectivity index (χ4v) is 8.85. The monoisotopic (exact) mass is 681 g/mol. The van der Waals surface area contributed by atoms with Crippen molar-refractivity contribution in [1.82, 2.24) is 15.0 Å². The van der Waals surface area contributed by atoms with E-state index in [2.05, 4.69) is 146 Å². The Morgan fingerprint density at radius 2 is 0.981 bits per heavy atom. The number of nitrogens with zero attached hydrogens (tertiary/aromatic N) is 3. The van der Waals surface area contributed by atoms with Gasteiger partial charge in [0.15, 0.2) is 17.5 Å². The van der Waals surface area contributed by atoms with Crippen molar-refractivity contribution in [2.45, 2.75) is 0 Å². The standard InChI is InChI=1S/C47H27N3OS/c1-2-13-29(14-3-1)45-48-46(36-21-11-23-41-42(36)35-19-8-9-22-40(35)52-41)50-47(49-45)37-25-24-34(33-20-10-17-28-12-6-7-18-32(28)33)44-43(37)38-26-30-15-4-5-16-31(30)27-39(38)51-44/h1-27H. The molecule has 11 rings (SSSR count). The van der Waals surface area contributed by atoms with Crippen molar-refractivity contribution in [3.05, 3.63) is 164 Å². The molecule has 0 atom stereocenters. The van der Waals surface area contributed by atoms with Gasteiger partial charge in [-0.25, -0.2) is 15.0 Å². The first-order valence-corrected chi connectivity index (χ1v) is 18.2. The van der Waals surface area contributed by atoms with Gasteiger partial charge in [0.2, 0.25) is 0 Å². The lowest BCUT2D eigenvalue weighted by atomic mass is 9.94. The molecular formula is C47H27N3OS. The Morgan fingerprint density at radius 3 is 1.83 bits per heavy atom. The van der Waals surface area contributed by atoms with E-state index in [1.165, 1.54) is 25.6 Å². The number of fused-ring (bicyclic) bond motifs is 8. The molecule has 11 aromatic rings. The zero-order valence-corrected chi connectivity index (χ0v) is 28.6. The van der Waals surface area contributed by atoms with Gasteiger partial charge in [-0.1, -0.05) is 127 Å². The molecule has 0 aliphatic heterocycles. The molecule has 0 saturated heterocycles. The number of aromatic nitrogens is 3. The fraction of sp³-hybridized carbons (Fsp3) is 0. The van der Waals surface area contributed by atoms with E-state index in [0.29, 0.717) is 17.5 Å². The lowest BCUT2D eigenvalue weighted by molar-refractivity contribution is 0.670. The van der Waals surface area contributed by atoms with Crippen molar-refractivity contribution in [3.63, 3.8) is 0 Å². The van der Waals surface area contributed by atoms with E-state index in [0.717, 1.165) is 65.9 Å². The molecule has 52 heavy (non-hydrogen) atoms. The highest BCUT2D eigenvalue weighted by Crippen LogP contribution is 2.45. The number of rotatable bonds is 4. The third-order valence-electron chi connectivity index (χ3n) is 10.1. The second-order valence-electron chi connectivity index (χ2n) is 13.1. The molecule has 242 valence electrons. The van der Waals surface area contributed by atoms with E-state index in [9.17, 15) is 0 Å². The van der Waals surface area contributed by atoms with Crippen LogP contribution in [0.5, 0.6) is 0 Å². The highest BCUT2D eigenvalue weighted by Gasteiger charge is 2.23. The van der Waals surface area contributed by atoms with Gasteiger partial charge in [-0.2, -0.15) is 0 Å². The smallest absolute Gasteiger partial charge is 0.164 e. The Bertz CT molecular complexity index is 3190. The SMILES string of the molecule is c1ccc(-c2nc(-c3cccc4sc5ccccc5c34)nc(-c3ccc(-c4cccc5ccccc45)c4oc5cc6ccccc6cc5c34)n2)cc1. The first kappa shape index (κ1) is 29.1. The molecule has 4 nitrogen and oxygen atoms in total. The van der Waals surface area contributed by atoms with Gasteiger partial charge in [0.25, 0.3) is 0 Å². The van der Waals surface area contributed by atoms with Gasteiger partial charge in [0.1, 0.15) is 11.2 Å². The summed E-state index contributed by atoms with van der Waals surface area (Å²) in [6, 6.07) is 57.3. The van der Waals surface area contributed by atoms with Crippen LogP contribution in [-0.4, -0.2) is 15.0 Å². The molecule has 0 radical (unpaired) electrons. The van der Waals surface area contributed by atoms with Crippen LogP contribution in [0.3, 0.4) is 0 Å². The maximum Gasteiger partial charge on any atom is 0.164 e. The quantitative estimate of drug-likeness (QED) is 0.185. The third kappa shape index (κ3) is 4.50. The van der Waals surface area contributed by atoms with E-state index in [1.54, 1.807) is 11.3 Å². The largest absolute Gasteiger partial charge is 0.455 e. The number of benzene rings is 8. The number of hydrogen-bond donors (Lipinski definition) is 0. The van der Waals surface area contributed by atoms with Crippen LogP contribution in [0, 0.1) is 0 Å². The molecule has 0 fully saturated rings. The Kier molecular flexibility index (Phi) is 6.39. The zero-order chi connectivity index (χ0) is 34.2. The Morgan fingerprint density at radius 1 is 0.385 bits per heavy atom. The first-order valence-electron chi connectivity index (χ1n) is 17.4. The van der Waals surface area contributed by atoms with Crippen LogP contribution in [0.2, 0.25) is 0 Å². The summed E-state index contributed by atoms with van der Waals surface area (Å²) in [6.45, 7) is 0. The van der Waals surface area contributed by atoms with E-state index < -0.39 is 0 Å². The normalized spacial score (nSPS) is 11.8. The summed E-state index contributed by atoms with van der Waals surface area (Å²) in [4.78, 5) is 15.7. The van der Waals surface area contributed by atoms with E-state index in [-0.39, 0.29) is 0 Å². The van der Waals surface area contributed by atoms with Crippen molar-refractivity contribution in [2.75, 3.05) is 0 Å². The van der Waals surface area contributed by atoms with E-state index in [4.69, 9.17) is 19.4 Å². The number of thiophene rings is 1. The predicted octanol–water partition coefficient (Wildman–Crippen LogP) is 13.1.